The largest absolute Gasteiger partial charge is 0.494 e. The molecular weight excluding hydrogens is 1670 g/mol. The molecule has 8 aromatic rings. The fraction of sp³-hybridized carbons (Fsp3) is 0.479. The molecule has 4 N–H and O–H groups in total. The molecule has 9 aliphatic heterocycles. The van der Waals surface area contributed by atoms with Crippen molar-refractivity contribution in [3.05, 3.63) is 173 Å². The number of likely N-dealkylation sites (tertiary alicyclic amines) is 4. The number of allylic oxidation sites excluding steroid dienone is 2. The lowest BCUT2D eigenvalue weighted by atomic mass is 9.78. The van der Waals surface area contributed by atoms with E-state index in [1.54, 1.807) is 19.6 Å². The molecule has 28 nitrogen and oxygen atoms in total. The van der Waals surface area contributed by atoms with Gasteiger partial charge in [-0.05, 0) is 197 Å². The highest BCUT2D eigenvalue weighted by molar-refractivity contribution is 9.10. The maximum absolute atomic E-state index is 14.0. The van der Waals surface area contributed by atoms with Gasteiger partial charge in [-0.25, -0.2) is 29.1 Å². The van der Waals surface area contributed by atoms with Gasteiger partial charge in [0.25, 0.3) is 0 Å². The lowest BCUT2D eigenvalue weighted by Crippen LogP contribution is -2.54. The second-order valence-corrected chi connectivity index (χ2v) is 38.4. The van der Waals surface area contributed by atoms with Crippen LogP contribution >= 0.6 is 15.9 Å². The number of amides is 6. The molecule has 17 rings (SSSR count). The number of aliphatic imine (C=N–C) groups is 2. The highest BCUT2D eigenvalue weighted by atomic mass is 79.9. The van der Waals surface area contributed by atoms with E-state index in [4.69, 9.17) is 57.2 Å². The minimum absolute atomic E-state index is 0.100. The molecule has 666 valence electrons. The molecule has 0 aliphatic carbocycles. The van der Waals surface area contributed by atoms with Crippen molar-refractivity contribution < 1.29 is 76.0 Å². The molecule has 0 saturated carbocycles. The number of aromatic nitrogens is 4. The van der Waals surface area contributed by atoms with E-state index in [0.717, 1.165) is 136 Å². The van der Waals surface area contributed by atoms with Crippen LogP contribution in [0.4, 0.5) is 19.2 Å². The van der Waals surface area contributed by atoms with E-state index in [1.165, 1.54) is 14.2 Å². The summed E-state index contributed by atoms with van der Waals surface area (Å²) in [6.45, 7) is 31.0. The Morgan fingerprint density at radius 1 is 0.492 bits per heavy atom. The summed E-state index contributed by atoms with van der Waals surface area (Å²) in [6, 6.07) is 39.8. The number of ether oxygens (including phenoxy) is 8. The molecule has 2 aromatic heterocycles. The van der Waals surface area contributed by atoms with Gasteiger partial charge in [0, 0.05) is 78.2 Å². The van der Waals surface area contributed by atoms with Crippen LogP contribution in [0.25, 0.3) is 66.3 Å². The van der Waals surface area contributed by atoms with Crippen molar-refractivity contribution >= 4 is 109 Å². The molecule has 30 heteroatoms. The molecular formula is C96H116BBrN12O16. The Hall–Kier alpha value is -10.6. The summed E-state index contributed by atoms with van der Waals surface area (Å²) in [6.07, 6.45) is 11.3. The number of hydrogen-bond acceptors (Lipinski definition) is 20. The number of nitrogens with one attached hydrogen (secondary N) is 4. The molecule has 7 saturated heterocycles. The molecule has 0 radical (unpaired) electrons. The van der Waals surface area contributed by atoms with E-state index in [-0.39, 0.29) is 84.9 Å². The maximum Gasteiger partial charge on any atom is 0.494 e. The highest BCUT2D eigenvalue weighted by Gasteiger charge is 2.56. The zero-order valence-electron chi connectivity index (χ0n) is 74.9. The van der Waals surface area contributed by atoms with Gasteiger partial charge >= 0.3 is 31.5 Å². The Morgan fingerprint density at radius 3 is 1.27 bits per heavy atom. The molecule has 6 aromatic carbocycles. The zero-order valence-corrected chi connectivity index (χ0v) is 76.4. The minimum atomic E-state index is -0.883. The summed E-state index contributed by atoms with van der Waals surface area (Å²) >= 11 is 3.47. The number of hydrogen-bond donors (Lipinski definition) is 4. The number of aromatic amines is 2. The lowest BCUT2D eigenvalue weighted by Gasteiger charge is -2.32. The van der Waals surface area contributed by atoms with E-state index in [2.05, 4.69) is 171 Å². The van der Waals surface area contributed by atoms with Gasteiger partial charge in [-0.15, -0.1) is 0 Å². The number of benzene rings is 6. The van der Waals surface area contributed by atoms with E-state index in [1.807, 2.05) is 118 Å². The van der Waals surface area contributed by atoms with Crippen molar-refractivity contribution in [1.82, 2.24) is 50.2 Å². The lowest BCUT2D eigenvalue weighted by molar-refractivity contribution is -0.153. The fourth-order valence-corrected chi connectivity index (χ4v) is 18.0. The molecule has 0 bridgehead atoms. The van der Waals surface area contributed by atoms with E-state index in [9.17, 15) is 28.8 Å². The van der Waals surface area contributed by atoms with Gasteiger partial charge in [0.15, 0.2) is 11.6 Å². The third kappa shape index (κ3) is 19.9. The van der Waals surface area contributed by atoms with Crippen molar-refractivity contribution in [3.63, 3.8) is 0 Å². The topological polar surface area (TPSA) is 314 Å². The van der Waals surface area contributed by atoms with Gasteiger partial charge < -0.3 is 77.6 Å². The fourth-order valence-electron chi connectivity index (χ4n) is 17.7. The average Bonchev–Trinajstić information content (AvgIpc) is 1.61. The van der Waals surface area contributed by atoms with Crippen LogP contribution < -0.4 is 16.1 Å². The smallest absolute Gasteiger partial charge is 0.453 e. The summed E-state index contributed by atoms with van der Waals surface area (Å²) in [4.78, 5) is 110. The predicted molar refractivity (Wildman–Crippen MR) is 486 cm³/mol. The average molecular weight is 1780 g/mol. The molecule has 9 aliphatic rings. The van der Waals surface area contributed by atoms with Crippen molar-refractivity contribution in [2.45, 2.75) is 219 Å². The Labute approximate surface area is 744 Å². The minimum Gasteiger partial charge on any atom is -0.453 e. The number of H-pyrrole nitrogens is 2. The standard InChI is InChI=1S/C45H52N6O7.C28H36BN3O4.C23H28BrN3O5/c1-27(2)39(49-42(53)55-6)41(52)51-26-45(56-18-19-57-45)23-38(51)35-22-34(24-46-35)29-11-9-28(10-12-29)30-13-14-32-21-33(16-15-31(32)20-30)36-25-47-40(48-36)37-8-7-17-50(37)43(54)58-44(3,4)5;1-26(2,3)34-25(33)32-14-8-9-23(32)24-30-17-22(31-24)20-11-10-19-16-21(13-12-18(19)15-20)29-35-27(4,5)28(6,7)36-29;1-14(2)20(26-22(29)30-3)21(28)27-13-23(31-8-9-32-23)11-19(27)18-10-16(12-25-18)15-4-6-17(24)7-5-15/h9-16,20-21,24-25,27,37-39H,7-8,17-19,22-23,26H2,1-6H3,(H,47,48)(H,49,53);10-13,15-17,23H,8-9,14H2,1-7H3,(H,30,31);4-7,12,14,19-20H,8-11,13H2,1-3H3,(H,26,29)/t37-,38-,39-;23-;19-,20-/m000/s1. The number of rotatable bonds is 16. The molecule has 6 atom stereocenters. The van der Waals surface area contributed by atoms with Crippen LogP contribution in [0.2, 0.25) is 0 Å². The van der Waals surface area contributed by atoms with E-state index in [0.29, 0.717) is 71.7 Å². The van der Waals surface area contributed by atoms with Gasteiger partial charge in [0.1, 0.15) is 34.9 Å². The van der Waals surface area contributed by atoms with Gasteiger partial charge in [-0.3, -0.25) is 29.4 Å². The zero-order chi connectivity index (χ0) is 89.5. The summed E-state index contributed by atoms with van der Waals surface area (Å²) < 4.78 is 58.3. The maximum atomic E-state index is 14.0. The number of alkyl carbamates (subject to hydrolysis) is 2. The Morgan fingerprint density at radius 2 is 0.865 bits per heavy atom. The van der Waals surface area contributed by atoms with Crippen molar-refractivity contribution in [2.24, 2.45) is 21.8 Å². The molecule has 2 spiro atoms. The monoisotopic (exact) mass is 1780 g/mol. The highest BCUT2D eigenvalue weighted by Crippen LogP contribution is 2.44. The third-order valence-corrected chi connectivity index (χ3v) is 25.6. The summed E-state index contributed by atoms with van der Waals surface area (Å²) in [5.74, 6) is -0.818. The molecule has 11 heterocycles. The predicted octanol–water partition coefficient (Wildman–Crippen LogP) is 16.8. The first kappa shape index (κ1) is 90.2. The van der Waals surface area contributed by atoms with Gasteiger partial charge in [0.2, 0.25) is 11.8 Å². The van der Waals surface area contributed by atoms with Crippen LogP contribution in [-0.4, -0.2) is 219 Å². The Bertz CT molecular complexity index is 5500. The molecule has 126 heavy (non-hydrogen) atoms. The van der Waals surface area contributed by atoms with Crippen LogP contribution in [0, 0.1) is 11.8 Å². The van der Waals surface area contributed by atoms with E-state index >= 15 is 0 Å². The quantitative estimate of drug-likeness (QED) is 0.0516. The summed E-state index contributed by atoms with van der Waals surface area (Å²) in [5, 5.41) is 9.89. The van der Waals surface area contributed by atoms with Crippen LogP contribution in [0.3, 0.4) is 0 Å². The number of imidazole rings is 2. The molecule has 7 fully saturated rings. The summed E-state index contributed by atoms with van der Waals surface area (Å²) in [5.41, 5.74) is 11.4. The van der Waals surface area contributed by atoms with Gasteiger partial charge in [-0.1, -0.05) is 135 Å². The summed E-state index contributed by atoms with van der Waals surface area (Å²) in [7, 11) is 2.19. The molecule has 0 unspecified atom stereocenters. The number of methoxy groups -OCH3 is 2. The van der Waals surface area contributed by atoms with Crippen molar-refractivity contribution in [2.75, 3.05) is 66.8 Å². The second kappa shape index (κ2) is 36.6. The van der Waals surface area contributed by atoms with Gasteiger partial charge in [0.05, 0.1) is 113 Å². The van der Waals surface area contributed by atoms with Crippen molar-refractivity contribution in [3.8, 4) is 33.6 Å². The number of nitrogens with zero attached hydrogens (tertiary/aromatic N) is 8. The Kier molecular flexibility index (Phi) is 26.2. The SMILES string of the molecule is CC(C)(C)OC(=O)N1CCC[C@H]1c1ncc(-c2ccc3cc(B4OC(C)(C)C(C)(C)O4)ccc3c2)[nH]1.COC(=O)N[C@H](C(=O)N1CC2(C[C@H]1C1=NC=C(c3ccc(-c4ccc5cc(-c6cnc([C@@H]7CCCN7C(=O)OC(C)(C)C)[nH]6)ccc5c4)cc3)C1)OCCO2)C(C)C.COC(=O)N[C@H](C(=O)N1CC2(C[C@H]1C1=NC=C(c3ccc(Br)cc3)C1)OCCO2)C(C)C. The first-order valence-electron chi connectivity index (χ1n) is 43.7. The normalized spacial score (nSPS) is 21.5. The number of carbonyl (C=O) groups excluding carboxylic acids is 6. The third-order valence-electron chi connectivity index (χ3n) is 25.1. The van der Waals surface area contributed by atoms with Crippen LogP contribution in [0.5, 0.6) is 0 Å². The molecule has 6 amide bonds. The van der Waals surface area contributed by atoms with Crippen LogP contribution in [-0.2, 0) is 56.8 Å². The number of fused-ring (bicyclic) bond motifs is 2. The first-order valence-corrected chi connectivity index (χ1v) is 44.5. The van der Waals surface area contributed by atoms with Gasteiger partial charge in [-0.2, -0.15) is 0 Å². The number of carbonyl (C=O) groups is 6. The second-order valence-electron chi connectivity index (χ2n) is 37.5. The van der Waals surface area contributed by atoms with Crippen LogP contribution in [0.1, 0.15) is 183 Å². The van der Waals surface area contributed by atoms with Crippen molar-refractivity contribution in [1.29, 1.82) is 0 Å². The Balaban J connectivity index is 0.000000155. The van der Waals surface area contributed by atoms with Crippen LogP contribution in [0.15, 0.2) is 161 Å². The number of halogens is 1. The van der Waals surface area contributed by atoms with E-state index < -0.39 is 47.0 Å². The first-order chi connectivity index (χ1) is 59.9.